The summed E-state index contributed by atoms with van der Waals surface area (Å²) in [6.45, 7) is 3.10. The van der Waals surface area contributed by atoms with Crippen LogP contribution in [-0.2, 0) is 31.8 Å². The molecule has 0 unspecified atom stereocenters. The monoisotopic (exact) mass is 448 g/mol. The first kappa shape index (κ1) is 22.4. The van der Waals surface area contributed by atoms with E-state index in [9.17, 15) is 12.8 Å². The van der Waals surface area contributed by atoms with E-state index in [-0.39, 0.29) is 24.2 Å². The molecular formula is C23H29FN2O4S. The molecule has 6 nitrogen and oxygen atoms in total. The Bertz CT molecular complexity index is 973. The first-order chi connectivity index (χ1) is 14.9. The fraction of sp³-hybridized carbons (Fsp3) is 0.478. The summed E-state index contributed by atoms with van der Waals surface area (Å²) in [6.07, 6.45) is 1.33. The van der Waals surface area contributed by atoms with Gasteiger partial charge in [0.2, 0.25) is 10.0 Å². The number of hydrogen-bond donors (Lipinski definition) is 1. The van der Waals surface area contributed by atoms with Crippen molar-refractivity contribution < 1.29 is 22.3 Å². The second-order valence-electron chi connectivity index (χ2n) is 8.41. The highest BCUT2D eigenvalue weighted by atomic mass is 32.2. The first-order valence-electron chi connectivity index (χ1n) is 10.7. The molecule has 168 valence electrons. The number of rotatable bonds is 7. The molecule has 4 rings (SSSR count). The Morgan fingerprint density at radius 1 is 1.13 bits per heavy atom. The van der Waals surface area contributed by atoms with E-state index in [1.165, 1.54) is 6.07 Å². The molecule has 0 saturated carbocycles. The highest BCUT2D eigenvalue weighted by Crippen LogP contribution is 2.33. The molecule has 0 bridgehead atoms. The summed E-state index contributed by atoms with van der Waals surface area (Å²) in [7, 11) is -3.44. The van der Waals surface area contributed by atoms with E-state index in [0.717, 1.165) is 18.4 Å². The lowest BCUT2D eigenvalue weighted by Crippen LogP contribution is -2.45. The van der Waals surface area contributed by atoms with Gasteiger partial charge in [-0.2, -0.15) is 0 Å². The molecule has 2 heterocycles. The number of nitrogens with one attached hydrogen (secondary N) is 1. The van der Waals surface area contributed by atoms with Crippen molar-refractivity contribution >= 4 is 10.0 Å². The Balaban J connectivity index is 1.33. The smallest absolute Gasteiger partial charge is 0.215 e. The fourth-order valence-corrected chi connectivity index (χ4v) is 5.49. The minimum Gasteiger partial charge on any atom is -0.377 e. The van der Waals surface area contributed by atoms with E-state index in [1.807, 2.05) is 24.3 Å². The lowest BCUT2D eigenvalue weighted by molar-refractivity contribution is -0.0844. The normalized spacial score (nSPS) is 25.0. The molecular weight excluding hydrogens is 419 g/mol. The van der Waals surface area contributed by atoms with E-state index in [0.29, 0.717) is 38.4 Å². The van der Waals surface area contributed by atoms with E-state index >= 15 is 0 Å². The largest absolute Gasteiger partial charge is 0.377 e. The number of hydrogen-bond acceptors (Lipinski definition) is 5. The zero-order valence-corrected chi connectivity index (χ0v) is 18.3. The minimum atomic E-state index is -3.44. The SMILES string of the molecule is O=S(=O)(Cc1ccccc1)NC[C@H]1CC[C@@]2(COCCN(Cc3ccccc3F)C2)O1. The molecule has 2 saturated heterocycles. The molecule has 0 radical (unpaired) electrons. The van der Waals surface area contributed by atoms with Crippen LogP contribution in [0.3, 0.4) is 0 Å². The molecule has 2 atom stereocenters. The summed E-state index contributed by atoms with van der Waals surface area (Å²) in [5, 5.41) is 0. The lowest BCUT2D eigenvalue weighted by atomic mass is 10.00. The van der Waals surface area contributed by atoms with Gasteiger partial charge in [-0.05, 0) is 24.5 Å². The van der Waals surface area contributed by atoms with Crippen molar-refractivity contribution in [3.8, 4) is 0 Å². The van der Waals surface area contributed by atoms with Crippen LogP contribution in [0.25, 0.3) is 0 Å². The second-order valence-corrected chi connectivity index (χ2v) is 10.2. The molecule has 2 aliphatic heterocycles. The molecule has 8 heteroatoms. The van der Waals surface area contributed by atoms with Crippen molar-refractivity contribution in [2.24, 2.45) is 0 Å². The van der Waals surface area contributed by atoms with Gasteiger partial charge in [0.25, 0.3) is 0 Å². The van der Waals surface area contributed by atoms with Crippen LogP contribution < -0.4 is 4.72 Å². The molecule has 2 aromatic rings. The molecule has 2 aromatic carbocycles. The topological polar surface area (TPSA) is 67.9 Å². The van der Waals surface area contributed by atoms with Gasteiger partial charge in [-0.15, -0.1) is 0 Å². The molecule has 2 fully saturated rings. The van der Waals surface area contributed by atoms with Crippen LogP contribution in [0.2, 0.25) is 0 Å². The quantitative estimate of drug-likeness (QED) is 0.706. The molecule has 31 heavy (non-hydrogen) atoms. The number of ether oxygens (including phenoxy) is 2. The average molecular weight is 449 g/mol. The van der Waals surface area contributed by atoms with Crippen LogP contribution in [0.4, 0.5) is 4.39 Å². The molecule has 1 N–H and O–H groups in total. The van der Waals surface area contributed by atoms with Crippen molar-refractivity contribution in [2.45, 2.75) is 36.8 Å². The van der Waals surface area contributed by atoms with Crippen LogP contribution >= 0.6 is 0 Å². The third-order valence-corrected chi connectivity index (χ3v) is 7.17. The summed E-state index contributed by atoms with van der Waals surface area (Å²) >= 11 is 0. The second kappa shape index (κ2) is 9.75. The maximum atomic E-state index is 14.1. The average Bonchev–Trinajstić information content (AvgIpc) is 3.03. The van der Waals surface area contributed by atoms with E-state index < -0.39 is 15.6 Å². The maximum absolute atomic E-state index is 14.1. The van der Waals surface area contributed by atoms with Crippen LogP contribution in [0.5, 0.6) is 0 Å². The summed E-state index contributed by atoms with van der Waals surface area (Å²) in [4.78, 5) is 2.16. The van der Waals surface area contributed by atoms with Crippen molar-refractivity contribution in [3.63, 3.8) is 0 Å². The summed E-state index contributed by atoms with van der Waals surface area (Å²) in [6, 6.07) is 15.9. The van der Waals surface area contributed by atoms with Crippen LogP contribution in [0.1, 0.15) is 24.0 Å². The Morgan fingerprint density at radius 3 is 2.71 bits per heavy atom. The van der Waals surface area contributed by atoms with Gasteiger partial charge in [-0.1, -0.05) is 48.5 Å². The van der Waals surface area contributed by atoms with E-state index in [4.69, 9.17) is 9.47 Å². The zero-order chi connectivity index (χ0) is 21.7. The number of halogens is 1. The van der Waals surface area contributed by atoms with Crippen LogP contribution in [-0.4, -0.2) is 57.9 Å². The van der Waals surface area contributed by atoms with Gasteiger partial charge in [0.15, 0.2) is 0 Å². The van der Waals surface area contributed by atoms with Gasteiger partial charge in [-0.3, -0.25) is 4.90 Å². The third kappa shape index (κ3) is 6.11. The predicted molar refractivity (Wildman–Crippen MR) is 116 cm³/mol. The van der Waals surface area contributed by atoms with Crippen LogP contribution in [0.15, 0.2) is 54.6 Å². The van der Waals surface area contributed by atoms with E-state index in [1.54, 1.807) is 24.3 Å². The zero-order valence-electron chi connectivity index (χ0n) is 17.5. The Kier molecular flexibility index (Phi) is 7.03. The number of benzene rings is 2. The van der Waals surface area contributed by atoms with Gasteiger partial charge in [0.05, 0.1) is 25.1 Å². The highest BCUT2D eigenvalue weighted by molar-refractivity contribution is 7.88. The van der Waals surface area contributed by atoms with Gasteiger partial charge < -0.3 is 9.47 Å². The molecule has 1 spiro atoms. The Morgan fingerprint density at radius 2 is 1.90 bits per heavy atom. The summed E-state index contributed by atoms with van der Waals surface area (Å²) in [5.41, 5.74) is 0.916. The van der Waals surface area contributed by atoms with Crippen molar-refractivity contribution in [1.82, 2.24) is 9.62 Å². The summed E-state index contributed by atoms with van der Waals surface area (Å²) < 4.78 is 53.8. The van der Waals surface area contributed by atoms with Crippen molar-refractivity contribution in [1.29, 1.82) is 0 Å². The van der Waals surface area contributed by atoms with Gasteiger partial charge in [0, 0.05) is 31.7 Å². The number of sulfonamides is 1. The third-order valence-electron chi connectivity index (χ3n) is 5.85. The Labute approximate surface area is 183 Å². The van der Waals surface area contributed by atoms with Gasteiger partial charge in [-0.25, -0.2) is 17.5 Å². The van der Waals surface area contributed by atoms with E-state index in [2.05, 4.69) is 9.62 Å². The fourth-order valence-electron chi connectivity index (χ4n) is 4.31. The van der Waals surface area contributed by atoms with Gasteiger partial charge in [0.1, 0.15) is 11.4 Å². The molecule has 0 aliphatic carbocycles. The van der Waals surface area contributed by atoms with Crippen molar-refractivity contribution in [3.05, 3.63) is 71.5 Å². The molecule has 0 amide bonds. The lowest BCUT2D eigenvalue weighted by Gasteiger charge is -2.32. The standard InChI is InChI=1S/C23H29FN2O4S/c24-22-9-5-4-8-20(22)15-26-12-13-29-18-23(17-26)11-10-21(30-23)14-25-31(27,28)16-19-6-2-1-3-7-19/h1-9,21,25H,10-18H2/t21-,23-/m1/s1. The minimum absolute atomic E-state index is 0.0504. The van der Waals surface area contributed by atoms with Gasteiger partial charge >= 0.3 is 0 Å². The van der Waals surface area contributed by atoms with Crippen molar-refractivity contribution in [2.75, 3.05) is 32.8 Å². The molecule has 0 aromatic heterocycles. The highest BCUT2D eigenvalue weighted by Gasteiger charge is 2.43. The maximum Gasteiger partial charge on any atom is 0.215 e. The number of nitrogens with zero attached hydrogens (tertiary/aromatic N) is 1. The first-order valence-corrected chi connectivity index (χ1v) is 12.3. The molecule has 2 aliphatic rings. The van der Waals surface area contributed by atoms with Crippen LogP contribution in [0, 0.1) is 5.82 Å². The Hall–Kier alpha value is -1.84. The predicted octanol–water partition coefficient (Wildman–Crippen LogP) is 2.70. The summed E-state index contributed by atoms with van der Waals surface area (Å²) in [5.74, 6) is -0.259.